The number of benzene rings is 2. The Morgan fingerprint density at radius 3 is 2.22 bits per heavy atom. The molecule has 0 atom stereocenters. The second kappa shape index (κ2) is 10.5. The molecule has 3 aromatic rings. The molecule has 8 nitrogen and oxygen atoms in total. The largest absolute Gasteiger partial charge is 0.490 e. The Bertz CT molecular complexity index is 1130. The van der Waals surface area contributed by atoms with Gasteiger partial charge < -0.3 is 18.9 Å². The predicted molar refractivity (Wildman–Crippen MR) is 127 cm³/mol. The Kier molecular flexibility index (Phi) is 7.73. The molecule has 0 spiro atoms. The van der Waals surface area contributed by atoms with Crippen LogP contribution >= 0.6 is 22.6 Å². The predicted octanol–water partition coefficient (Wildman–Crippen LogP) is 4.51. The van der Waals surface area contributed by atoms with Gasteiger partial charge in [0.05, 0.1) is 36.7 Å². The molecule has 0 aliphatic rings. The zero-order chi connectivity index (χ0) is 23.3. The summed E-state index contributed by atoms with van der Waals surface area (Å²) in [5.41, 5.74) is 1.41. The number of hydrogen-bond donors (Lipinski definition) is 0. The van der Waals surface area contributed by atoms with E-state index in [4.69, 9.17) is 18.9 Å². The molecule has 0 bridgehead atoms. The molecule has 0 amide bonds. The number of aromatic nitrogens is 2. The fourth-order valence-corrected chi connectivity index (χ4v) is 3.97. The zero-order valence-electron chi connectivity index (χ0n) is 18.2. The van der Waals surface area contributed by atoms with E-state index in [1.807, 2.05) is 38.1 Å². The van der Waals surface area contributed by atoms with Gasteiger partial charge in [-0.3, -0.25) is 0 Å². The molecular formula is C23H23IN2O6. The van der Waals surface area contributed by atoms with Crippen LogP contribution in [0.3, 0.4) is 0 Å². The second-order valence-corrected chi connectivity index (χ2v) is 7.62. The van der Waals surface area contributed by atoms with E-state index >= 15 is 0 Å². The van der Waals surface area contributed by atoms with Crippen molar-refractivity contribution in [3.05, 3.63) is 57.3 Å². The van der Waals surface area contributed by atoms with Gasteiger partial charge in [-0.1, -0.05) is 18.2 Å². The van der Waals surface area contributed by atoms with Crippen molar-refractivity contribution in [3.8, 4) is 28.4 Å². The summed E-state index contributed by atoms with van der Waals surface area (Å²) in [6, 6.07) is 12.6. The van der Waals surface area contributed by atoms with E-state index in [0.717, 1.165) is 3.57 Å². The van der Waals surface area contributed by atoms with Crippen LogP contribution in [0.5, 0.6) is 11.5 Å². The van der Waals surface area contributed by atoms with Gasteiger partial charge in [-0.05, 0) is 60.7 Å². The number of esters is 2. The van der Waals surface area contributed by atoms with Crippen molar-refractivity contribution in [2.24, 2.45) is 0 Å². The third-order valence-corrected chi connectivity index (χ3v) is 5.33. The van der Waals surface area contributed by atoms with Crippen LogP contribution in [0, 0.1) is 3.57 Å². The minimum Gasteiger partial charge on any atom is -0.490 e. The van der Waals surface area contributed by atoms with E-state index in [1.54, 1.807) is 18.2 Å². The average molecular weight is 550 g/mol. The zero-order valence-corrected chi connectivity index (χ0v) is 20.3. The minimum atomic E-state index is -0.710. The SMILES string of the molecule is CCOc1cc(-c2nn(-c3ccccc3)c(C(=O)OC)c2C(=O)OC)cc(I)c1OCC. The fraction of sp³-hybridized carbons (Fsp3) is 0.261. The lowest BCUT2D eigenvalue weighted by Gasteiger charge is -2.14. The summed E-state index contributed by atoms with van der Waals surface area (Å²) in [7, 11) is 2.50. The lowest BCUT2D eigenvalue weighted by atomic mass is 10.0. The number of carbonyl (C=O) groups is 2. The summed E-state index contributed by atoms with van der Waals surface area (Å²) < 4.78 is 23.6. The number of carbonyl (C=O) groups excluding carboxylic acids is 2. The van der Waals surface area contributed by atoms with Crippen LogP contribution in [-0.4, -0.2) is 49.2 Å². The fourth-order valence-electron chi connectivity index (χ4n) is 3.21. The molecule has 0 saturated carbocycles. The number of ether oxygens (including phenoxy) is 4. The van der Waals surface area contributed by atoms with Gasteiger partial charge in [0, 0.05) is 5.56 Å². The highest BCUT2D eigenvalue weighted by molar-refractivity contribution is 14.1. The van der Waals surface area contributed by atoms with Crippen LogP contribution in [0.25, 0.3) is 16.9 Å². The molecule has 168 valence electrons. The van der Waals surface area contributed by atoms with Crippen molar-refractivity contribution in [3.63, 3.8) is 0 Å². The lowest BCUT2D eigenvalue weighted by Crippen LogP contribution is -2.15. The topological polar surface area (TPSA) is 88.9 Å². The molecule has 3 rings (SSSR count). The number of rotatable bonds is 8. The molecule has 0 aliphatic carbocycles. The first kappa shape index (κ1) is 23.6. The maximum Gasteiger partial charge on any atom is 0.357 e. The molecule has 1 aromatic heterocycles. The Hall–Kier alpha value is -3.08. The first-order valence-electron chi connectivity index (χ1n) is 9.91. The highest BCUT2D eigenvalue weighted by Crippen LogP contribution is 2.39. The molecule has 0 N–H and O–H groups in total. The van der Waals surface area contributed by atoms with Gasteiger partial charge in [0.1, 0.15) is 11.3 Å². The number of hydrogen-bond acceptors (Lipinski definition) is 7. The van der Waals surface area contributed by atoms with Gasteiger partial charge in [0.2, 0.25) is 0 Å². The minimum absolute atomic E-state index is 0.00520. The van der Waals surface area contributed by atoms with Crippen molar-refractivity contribution in [2.75, 3.05) is 27.4 Å². The lowest BCUT2D eigenvalue weighted by molar-refractivity contribution is 0.0549. The molecule has 0 saturated heterocycles. The van der Waals surface area contributed by atoms with Crippen LogP contribution in [-0.2, 0) is 9.47 Å². The van der Waals surface area contributed by atoms with Crippen LogP contribution in [0.1, 0.15) is 34.7 Å². The maximum atomic E-state index is 12.8. The molecule has 9 heteroatoms. The van der Waals surface area contributed by atoms with Gasteiger partial charge in [0.15, 0.2) is 17.2 Å². The van der Waals surface area contributed by atoms with Gasteiger partial charge in [-0.25, -0.2) is 14.3 Å². The van der Waals surface area contributed by atoms with Crippen LogP contribution in [0.15, 0.2) is 42.5 Å². The third-order valence-electron chi connectivity index (χ3n) is 4.53. The molecule has 32 heavy (non-hydrogen) atoms. The monoisotopic (exact) mass is 550 g/mol. The van der Waals surface area contributed by atoms with Crippen molar-refractivity contribution >= 4 is 34.5 Å². The average Bonchev–Trinajstić information content (AvgIpc) is 3.21. The first-order chi connectivity index (χ1) is 15.5. The quantitative estimate of drug-likeness (QED) is 0.301. The molecule has 2 aromatic carbocycles. The summed E-state index contributed by atoms with van der Waals surface area (Å²) in [6.45, 7) is 4.65. The van der Waals surface area contributed by atoms with Gasteiger partial charge >= 0.3 is 11.9 Å². The molecule has 0 aliphatic heterocycles. The van der Waals surface area contributed by atoms with Gasteiger partial charge in [0.25, 0.3) is 0 Å². The highest BCUT2D eigenvalue weighted by Gasteiger charge is 2.32. The Morgan fingerprint density at radius 1 is 0.969 bits per heavy atom. The maximum absolute atomic E-state index is 12.8. The van der Waals surface area contributed by atoms with Crippen LogP contribution in [0.2, 0.25) is 0 Å². The Balaban J connectivity index is 2.34. The van der Waals surface area contributed by atoms with Crippen molar-refractivity contribution in [1.29, 1.82) is 0 Å². The number of para-hydroxylation sites is 1. The molecule has 0 unspecified atom stereocenters. The summed E-state index contributed by atoms with van der Waals surface area (Å²) in [5.74, 6) is -0.293. The Labute approximate surface area is 199 Å². The smallest absolute Gasteiger partial charge is 0.357 e. The van der Waals surface area contributed by atoms with E-state index in [2.05, 4.69) is 27.7 Å². The van der Waals surface area contributed by atoms with Gasteiger partial charge in [-0.2, -0.15) is 5.10 Å². The normalized spacial score (nSPS) is 10.5. The van der Waals surface area contributed by atoms with E-state index in [9.17, 15) is 9.59 Å². The summed E-state index contributed by atoms with van der Waals surface area (Å²) in [4.78, 5) is 25.5. The third kappa shape index (κ3) is 4.57. The Morgan fingerprint density at radius 2 is 1.62 bits per heavy atom. The number of halogens is 1. The summed E-state index contributed by atoms with van der Waals surface area (Å²) >= 11 is 2.14. The van der Waals surface area contributed by atoms with Gasteiger partial charge in [-0.15, -0.1) is 0 Å². The van der Waals surface area contributed by atoms with Crippen molar-refractivity contribution < 1.29 is 28.5 Å². The molecule has 0 radical (unpaired) electrons. The standard InChI is InChI=1S/C23H23IN2O6/c1-5-31-17-13-14(12-16(24)21(17)32-6-2)19-18(22(27)29-3)20(23(28)30-4)26(25-19)15-10-8-7-9-11-15/h7-13H,5-6H2,1-4H3. The van der Waals surface area contributed by atoms with Crippen molar-refractivity contribution in [2.45, 2.75) is 13.8 Å². The van der Waals surface area contributed by atoms with E-state index in [-0.39, 0.29) is 17.0 Å². The highest BCUT2D eigenvalue weighted by atomic mass is 127. The summed E-state index contributed by atoms with van der Waals surface area (Å²) in [5, 5.41) is 4.62. The van der Waals surface area contributed by atoms with Crippen LogP contribution < -0.4 is 9.47 Å². The molecular weight excluding hydrogens is 527 g/mol. The van der Waals surface area contributed by atoms with E-state index < -0.39 is 11.9 Å². The molecule has 1 heterocycles. The van der Waals surface area contributed by atoms with E-state index in [1.165, 1.54) is 18.9 Å². The van der Waals surface area contributed by atoms with E-state index in [0.29, 0.717) is 36.0 Å². The summed E-state index contributed by atoms with van der Waals surface area (Å²) in [6.07, 6.45) is 0. The molecule has 0 fully saturated rings. The number of methoxy groups -OCH3 is 2. The van der Waals surface area contributed by atoms with Crippen LogP contribution in [0.4, 0.5) is 0 Å². The first-order valence-corrected chi connectivity index (χ1v) is 11.0. The van der Waals surface area contributed by atoms with Crippen molar-refractivity contribution in [1.82, 2.24) is 9.78 Å². The number of nitrogens with zero attached hydrogens (tertiary/aromatic N) is 2. The second-order valence-electron chi connectivity index (χ2n) is 6.45.